The third kappa shape index (κ3) is 4.61. The molecule has 1 atom stereocenters. The maximum Gasteiger partial charge on any atom is 0.263 e. The van der Waals surface area contributed by atoms with E-state index < -0.39 is 0 Å². The Labute approximate surface area is 220 Å². The summed E-state index contributed by atoms with van der Waals surface area (Å²) in [5.74, 6) is -0.0147. The molecule has 0 bridgehead atoms. The Morgan fingerprint density at radius 2 is 2.03 bits per heavy atom. The summed E-state index contributed by atoms with van der Waals surface area (Å²) in [6, 6.07) is 12.6. The van der Waals surface area contributed by atoms with Crippen LogP contribution in [0, 0.1) is 0 Å². The molecule has 37 heavy (non-hydrogen) atoms. The van der Waals surface area contributed by atoms with Crippen LogP contribution in [-0.4, -0.2) is 59.7 Å². The first-order valence-electron chi connectivity index (χ1n) is 12.8. The van der Waals surface area contributed by atoms with Crippen LogP contribution in [0.25, 0.3) is 38.3 Å². The van der Waals surface area contributed by atoms with Crippen molar-refractivity contribution in [2.24, 2.45) is 0 Å². The molecule has 6 rings (SSSR count). The zero-order chi connectivity index (χ0) is 25.5. The molecule has 190 valence electrons. The summed E-state index contributed by atoms with van der Waals surface area (Å²) >= 11 is 1.53. The summed E-state index contributed by atoms with van der Waals surface area (Å²) < 4.78 is 6.60. The Hall–Kier alpha value is -3.33. The van der Waals surface area contributed by atoms with Crippen LogP contribution < -0.4 is 10.6 Å². The molecule has 5 heterocycles. The monoisotopic (exact) mass is 513 g/mol. The lowest BCUT2D eigenvalue weighted by Crippen LogP contribution is -2.36. The molecule has 2 aliphatic rings. The quantitative estimate of drug-likeness (QED) is 0.377. The Morgan fingerprint density at radius 1 is 1.19 bits per heavy atom. The van der Waals surface area contributed by atoms with Crippen molar-refractivity contribution in [1.29, 1.82) is 0 Å². The largest absolute Gasteiger partial charge is 0.381 e. The summed E-state index contributed by atoms with van der Waals surface area (Å²) in [6.45, 7) is 9.48. The first kappa shape index (κ1) is 24.0. The SMILES string of the molecule is C=Cc1cc(-c2ccc3c(ccc4sc5c(c43)NC[C@@H](C)NC5=O)n2)cc(CN2CCC(OC)CC2)n1. The molecule has 2 aliphatic heterocycles. The molecule has 7 nitrogen and oxygen atoms in total. The summed E-state index contributed by atoms with van der Waals surface area (Å²) in [6.07, 6.45) is 4.26. The average Bonchev–Trinajstić information content (AvgIpc) is 3.24. The molecule has 0 saturated carbocycles. The number of thiophene rings is 1. The number of carbonyl (C=O) groups is 1. The van der Waals surface area contributed by atoms with Gasteiger partial charge in [0.05, 0.1) is 34.4 Å². The van der Waals surface area contributed by atoms with E-state index in [2.05, 4.69) is 46.4 Å². The number of benzene rings is 1. The Balaban J connectivity index is 1.36. The molecular weight excluding hydrogens is 482 g/mol. The van der Waals surface area contributed by atoms with Gasteiger partial charge < -0.3 is 15.4 Å². The van der Waals surface area contributed by atoms with Gasteiger partial charge in [-0.1, -0.05) is 6.58 Å². The fraction of sp³-hybridized carbons (Fsp3) is 0.345. The topological polar surface area (TPSA) is 79.4 Å². The van der Waals surface area contributed by atoms with Gasteiger partial charge in [0.25, 0.3) is 5.91 Å². The third-order valence-electron chi connectivity index (χ3n) is 7.35. The highest BCUT2D eigenvalue weighted by atomic mass is 32.1. The lowest BCUT2D eigenvalue weighted by Gasteiger charge is -2.31. The van der Waals surface area contributed by atoms with Gasteiger partial charge in [-0.3, -0.25) is 14.7 Å². The van der Waals surface area contributed by atoms with Crippen LogP contribution in [-0.2, 0) is 11.3 Å². The molecule has 2 N–H and O–H groups in total. The van der Waals surface area contributed by atoms with E-state index in [1.54, 1.807) is 13.2 Å². The minimum absolute atomic E-state index is 0.0147. The highest BCUT2D eigenvalue weighted by molar-refractivity contribution is 7.21. The van der Waals surface area contributed by atoms with E-state index in [0.29, 0.717) is 12.6 Å². The number of methoxy groups -OCH3 is 1. The number of fused-ring (bicyclic) bond motifs is 5. The number of piperidine rings is 1. The molecule has 1 amide bonds. The molecule has 0 unspecified atom stereocenters. The number of aromatic nitrogens is 2. The molecule has 8 heteroatoms. The standard InChI is InChI=1S/C29H31N5O2S/c1-4-19-13-18(14-20(32-19)16-34-11-9-21(36-3)10-12-34)23-6-5-22-24(33-23)7-8-25-26(22)27-28(37-25)29(35)31-17(2)15-30-27/h4-8,13-14,17,21,30H,1,9-12,15-16H2,2-3H3,(H,31,35)/t17-/m1/s1. The van der Waals surface area contributed by atoms with Crippen molar-refractivity contribution in [2.45, 2.75) is 38.5 Å². The van der Waals surface area contributed by atoms with Gasteiger partial charge >= 0.3 is 0 Å². The predicted molar refractivity (Wildman–Crippen MR) is 151 cm³/mol. The van der Waals surface area contributed by atoms with Gasteiger partial charge in [-0.25, -0.2) is 4.98 Å². The van der Waals surface area contributed by atoms with Crippen molar-refractivity contribution in [1.82, 2.24) is 20.2 Å². The summed E-state index contributed by atoms with van der Waals surface area (Å²) in [4.78, 5) is 25.8. The van der Waals surface area contributed by atoms with Gasteiger partial charge in [0.2, 0.25) is 0 Å². The van der Waals surface area contributed by atoms with Crippen molar-refractivity contribution in [3.05, 3.63) is 59.2 Å². The Morgan fingerprint density at radius 3 is 2.81 bits per heavy atom. The van der Waals surface area contributed by atoms with E-state index >= 15 is 0 Å². The van der Waals surface area contributed by atoms with E-state index in [4.69, 9.17) is 14.7 Å². The lowest BCUT2D eigenvalue weighted by molar-refractivity contribution is 0.0385. The van der Waals surface area contributed by atoms with E-state index in [1.807, 2.05) is 19.1 Å². The van der Waals surface area contributed by atoms with Crippen molar-refractivity contribution >= 4 is 50.0 Å². The minimum Gasteiger partial charge on any atom is -0.381 e. The number of nitrogens with zero attached hydrogens (tertiary/aromatic N) is 3. The maximum atomic E-state index is 12.7. The van der Waals surface area contributed by atoms with Crippen molar-refractivity contribution in [3.63, 3.8) is 0 Å². The Bertz CT molecular complexity index is 1510. The van der Waals surface area contributed by atoms with Gasteiger partial charge in [0, 0.05) is 60.4 Å². The number of ether oxygens (including phenoxy) is 1. The first-order chi connectivity index (χ1) is 18.0. The molecule has 1 aromatic carbocycles. The van der Waals surface area contributed by atoms with Crippen LogP contribution in [0.5, 0.6) is 0 Å². The molecular formula is C29H31N5O2S. The lowest BCUT2D eigenvalue weighted by atomic mass is 10.0. The number of nitrogens with one attached hydrogen (secondary N) is 2. The number of amides is 1. The van der Waals surface area contributed by atoms with Crippen LogP contribution in [0.1, 0.15) is 40.8 Å². The van der Waals surface area contributed by atoms with Gasteiger partial charge in [0.1, 0.15) is 4.88 Å². The van der Waals surface area contributed by atoms with Gasteiger partial charge in [-0.15, -0.1) is 11.3 Å². The number of rotatable bonds is 5. The number of anilines is 1. The highest BCUT2D eigenvalue weighted by Crippen LogP contribution is 2.41. The number of carbonyl (C=O) groups excluding carboxylic acids is 1. The Kier molecular flexibility index (Phi) is 6.40. The third-order valence-corrected chi connectivity index (χ3v) is 8.50. The maximum absolute atomic E-state index is 12.7. The zero-order valence-corrected chi connectivity index (χ0v) is 22.0. The van der Waals surface area contributed by atoms with Crippen molar-refractivity contribution in [2.75, 3.05) is 32.1 Å². The second-order valence-corrected chi connectivity index (χ2v) is 11.0. The number of pyridine rings is 2. The molecule has 0 spiro atoms. The number of hydrogen-bond acceptors (Lipinski definition) is 7. The predicted octanol–water partition coefficient (Wildman–Crippen LogP) is 5.31. The highest BCUT2D eigenvalue weighted by Gasteiger charge is 2.25. The van der Waals surface area contributed by atoms with Crippen LogP contribution in [0.15, 0.2) is 43.0 Å². The number of hydrogen-bond donors (Lipinski definition) is 2. The van der Waals surface area contributed by atoms with Crippen LogP contribution in [0.3, 0.4) is 0 Å². The molecule has 3 aromatic heterocycles. The van der Waals surface area contributed by atoms with Crippen LogP contribution >= 0.6 is 11.3 Å². The number of likely N-dealkylation sites (tertiary alicyclic amines) is 1. The molecule has 0 radical (unpaired) electrons. The smallest absolute Gasteiger partial charge is 0.263 e. The van der Waals surface area contributed by atoms with E-state index in [1.165, 1.54) is 11.3 Å². The molecule has 4 aromatic rings. The summed E-state index contributed by atoms with van der Waals surface area (Å²) in [5.41, 5.74) is 5.63. The van der Waals surface area contributed by atoms with Gasteiger partial charge in [-0.05, 0) is 62.2 Å². The van der Waals surface area contributed by atoms with Crippen molar-refractivity contribution in [3.8, 4) is 11.3 Å². The fourth-order valence-corrected chi connectivity index (χ4v) is 6.46. The van der Waals surface area contributed by atoms with E-state index in [0.717, 1.165) is 86.7 Å². The molecule has 0 aliphatic carbocycles. The normalized spacial score (nSPS) is 18.9. The van der Waals surface area contributed by atoms with E-state index in [-0.39, 0.29) is 11.9 Å². The van der Waals surface area contributed by atoms with E-state index in [9.17, 15) is 4.79 Å². The van der Waals surface area contributed by atoms with Crippen LogP contribution in [0.2, 0.25) is 0 Å². The van der Waals surface area contributed by atoms with Crippen molar-refractivity contribution < 1.29 is 9.53 Å². The van der Waals surface area contributed by atoms with Gasteiger partial charge in [-0.2, -0.15) is 0 Å². The first-order valence-corrected chi connectivity index (χ1v) is 13.6. The summed E-state index contributed by atoms with van der Waals surface area (Å²) in [5, 5.41) is 8.68. The average molecular weight is 514 g/mol. The second-order valence-electron chi connectivity index (χ2n) is 9.95. The molecule has 1 saturated heterocycles. The minimum atomic E-state index is -0.0147. The molecule has 1 fully saturated rings. The van der Waals surface area contributed by atoms with Gasteiger partial charge in [0.15, 0.2) is 0 Å². The fourth-order valence-electron chi connectivity index (χ4n) is 5.36. The second kappa shape index (κ2) is 9.85. The van der Waals surface area contributed by atoms with Crippen LogP contribution in [0.4, 0.5) is 5.69 Å². The summed E-state index contributed by atoms with van der Waals surface area (Å²) in [7, 11) is 1.80. The zero-order valence-electron chi connectivity index (χ0n) is 21.2.